The molecule has 0 spiro atoms. The number of furan rings is 1. The Morgan fingerprint density at radius 1 is 1.32 bits per heavy atom. The summed E-state index contributed by atoms with van der Waals surface area (Å²) in [6.07, 6.45) is 0.929. The molecule has 4 nitrogen and oxygen atoms in total. The number of benzene rings is 1. The Morgan fingerprint density at radius 3 is 2.68 bits per heavy atom. The Balaban J connectivity index is 1.51. The Morgan fingerprint density at radius 2 is 2.04 bits per heavy atom. The summed E-state index contributed by atoms with van der Waals surface area (Å²) >= 11 is 0. The van der Waals surface area contributed by atoms with E-state index in [1.165, 1.54) is 6.07 Å². The zero-order valence-corrected chi connectivity index (χ0v) is 14.4. The van der Waals surface area contributed by atoms with Crippen molar-refractivity contribution in [3.63, 3.8) is 0 Å². The lowest BCUT2D eigenvalue weighted by atomic mass is 10.1. The monoisotopic (exact) mass is 348 g/mol. The van der Waals surface area contributed by atoms with Crippen LogP contribution in [0.2, 0.25) is 0 Å². The number of rotatable bonds is 5. The minimum Gasteiger partial charge on any atom is -0.465 e. The van der Waals surface area contributed by atoms with Crippen LogP contribution < -0.4 is 5.32 Å². The normalized spacial score (nSPS) is 17.8. The van der Waals surface area contributed by atoms with E-state index in [4.69, 9.17) is 4.42 Å². The maximum absolute atomic E-state index is 13.6. The summed E-state index contributed by atoms with van der Waals surface area (Å²) in [5, 5.41) is 2.65. The van der Waals surface area contributed by atoms with E-state index in [-0.39, 0.29) is 5.92 Å². The number of nitrogens with one attached hydrogen (secondary N) is 1. The van der Waals surface area contributed by atoms with Crippen molar-refractivity contribution in [2.75, 3.05) is 19.6 Å². The van der Waals surface area contributed by atoms with E-state index in [1.807, 2.05) is 19.9 Å². The molecule has 0 unspecified atom stereocenters. The summed E-state index contributed by atoms with van der Waals surface area (Å²) in [5.74, 6) is -0.247. The molecule has 6 heteroatoms. The second kappa shape index (κ2) is 7.35. The maximum Gasteiger partial charge on any atom is 0.257 e. The molecule has 2 aromatic rings. The van der Waals surface area contributed by atoms with Gasteiger partial charge in [0.15, 0.2) is 0 Å². The zero-order chi connectivity index (χ0) is 18.0. The lowest BCUT2D eigenvalue weighted by Gasteiger charge is -2.15. The summed E-state index contributed by atoms with van der Waals surface area (Å²) < 4.78 is 32.9. The van der Waals surface area contributed by atoms with Gasteiger partial charge in [-0.05, 0) is 56.5 Å². The SMILES string of the molecule is Cc1cc(CN2CC[C@H](CNC(=O)c3c(F)cccc3F)C2)oc1C. The maximum atomic E-state index is 13.6. The van der Waals surface area contributed by atoms with Gasteiger partial charge in [0.2, 0.25) is 0 Å². The number of nitrogens with zero attached hydrogens (tertiary/aromatic N) is 1. The highest BCUT2D eigenvalue weighted by Gasteiger charge is 2.25. The third kappa shape index (κ3) is 4.07. The summed E-state index contributed by atoms with van der Waals surface area (Å²) in [5.41, 5.74) is 0.629. The van der Waals surface area contributed by atoms with Crippen LogP contribution in [-0.4, -0.2) is 30.4 Å². The van der Waals surface area contributed by atoms with E-state index < -0.39 is 23.1 Å². The van der Waals surface area contributed by atoms with Crippen LogP contribution in [0, 0.1) is 31.4 Å². The molecule has 1 saturated heterocycles. The van der Waals surface area contributed by atoms with Gasteiger partial charge < -0.3 is 9.73 Å². The minimum atomic E-state index is -0.839. The lowest BCUT2D eigenvalue weighted by molar-refractivity contribution is 0.0938. The van der Waals surface area contributed by atoms with Crippen molar-refractivity contribution in [1.82, 2.24) is 10.2 Å². The first-order valence-corrected chi connectivity index (χ1v) is 8.44. The molecule has 0 aliphatic carbocycles. The molecule has 0 radical (unpaired) electrons. The summed E-state index contributed by atoms with van der Waals surface area (Å²) in [7, 11) is 0. The van der Waals surface area contributed by atoms with Crippen molar-refractivity contribution in [3.05, 3.63) is 58.5 Å². The van der Waals surface area contributed by atoms with Gasteiger partial charge in [0, 0.05) is 13.1 Å². The third-order valence-electron chi connectivity index (χ3n) is 4.71. The molecule has 0 bridgehead atoms. The van der Waals surface area contributed by atoms with E-state index in [0.29, 0.717) is 6.54 Å². The molecule has 1 atom stereocenters. The van der Waals surface area contributed by atoms with E-state index in [2.05, 4.69) is 10.2 Å². The highest BCUT2D eigenvalue weighted by Crippen LogP contribution is 2.21. The summed E-state index contributed by atoms with van der Waals surface area (Å²) in [6.45, 7) is 6.84. The molecule has 3 rings (SSSR count). The molecule has 25 heavy (non-hydrogen) atoms. The highest BCUT2D eigenvalue weighted by molar-refractivity contribution is 5.94. The standard InChI is InChI=1S/C19H22F2N2O2/c1-12-8-15(25-13(12)2)11-23-7-6-14(10-23)9-22-19(24)18-16(20)4-3-5-17(18)21/h3-5,8,14H,6-7,9-11H2,1-2H3,(H,22,24)/t14-/m1/s1. The fourth-order valence-corrected chi connectivity index (χ4v) is 3.21. The number of halogens is 2. The van der Waals surface area contributed by atoms with Gasteiger partial charge in [0.05, 0.1) is 6.54 Å². The Bertz CT molecular complexity index is 733. The Labute approximate surface area is 145 Å². The van der Waals surface area contributed by atoms with Gasteiger partial charge in [-0.2, -0.15) is 0 Å². The fourth-order valence-electron chi connectivity index (χ4n) is 3.21. The van der Waals surface area contributed by atoms with Gasteiger partial charge in [-0.15, -0.1) is 0 Å². The third-order valence-corrected chi connectivity index (χ3v) is 4.71. The molecule has 134 valence electrons. The number of amides is 1. The number of carbonyl (C=O) groups excluding carboxylic acids is 1. The van der Waals surface area contributed by atoms with Crippen molar-refractivity contribution in [2.45, 2.75) is 26.8 Å². The van der Waals surface area contributed by atoms with E-state index in [1.54, 1.807) is 0 Å². The van der Waals surface area contributed by atoms with Crippen LogP contribution in [0.3, 0.4) is 0 Å². The molecule has 0 saturated carbocycles. The van der Waals surface area contributed by atoms with Crippen LogP contribution in [-0.2, 0) is 6.54 Å². The van der Waals surface area contributed by atoms with Crippen LogP contribution in [0.25, 0.3) is 0 Å². The van der Waals surface area contributed by atoms with Gasteiger partial charge in [-0.3, -0.25) is 9.69 Å². The van der Waals surface area contributed by atoms with Gasteiger partial charge in [0.1, 0.15) is 28.7 Å². The second-order valence-corrected chi connectivity index (χ2v) is 6.65. The molecular formula is C19H22F2N2O2. The predicted molar refractivity (Wildman–Crippen MR) is 90.3 cm³/mol. The largest absolute Gasteiger partial charge is 0.465 e. The number of hydrogen-bond donors (Lipinski definition) is 1. The van der Waals surface area contributed by atoms with Gasteiger partial charge in [0.25, 0.3) is 5.91 Å². The van der Waals surface area contributed by atoms with Crippen LogP contribution in [0.4, 0.5) is 8.78 Å². The number of likely N-dealkylation sites (tertiary alicyclic amines) is 1. The molecule has 1 aliphatic rings. The number of hydrogen-bond acceptors (Lipinski definition) is 3. The first-order chi connectivity index (χ1) is 11.9. The highest BCUT2D eigenvalue weighted by atomic mass is 19.1. The molecule has 1 aliphatic heterocycles. The molecule has 2 heterocycles. The predicted octanol–water partition coefficient (Wildman–Crippen LogP) is 3.43. The smallest absolute Gasteiger partial charge is 0.257 e. The van der Waals surface area contributed by atoms with Gasteiger partial charge in [-0.25, -0.2) is 8.78 Å². The molecule has 1 amide bonds. The summed E-state index contributed by atoms with van der Waals surface area (Å²) in [6, 6.07) is 5.46. The zero-order valence-electron chi connectivity index (χ0n) is 14.4. The average molecular weight is 348 g/mol. The molecular weight excluding hydrogens is 326 g/mol. The quantitative estimate of drug-likeness (QED) is 0.900. The topological polar surface area (TPSA) is 45.5 Å². The minimum absolute atomic E-state index is 0.260. The average Bonchev–Trinajstić information content (AvgIpc) is 3.12. The molecule has 1 N–H and O–H groups in total. The fraction of sp³-hybridized carbons (Fsp3) is 0.421. The van der Waals surface area contributed by atoms with Crippen molar-refractivity contribution >= 4 is 5.91 Å². The van der Waals surface area contributed by atoms with E-state index in [0.717, 1.165) is 55.3 Å². The van der Waals surface area contributed by atoms with Crippen molar-refractivity contribution in [2.24, 2.45) is 5.92 Å². The number of aryl methyl sites for hydroxylation is 2. The van der Waals surface area contributed by atoms with Gasteiger partial charge in [-0.1, -0.05) is 6.07 Å². The lowest BCUT2D eigenvalue weighted by Crippen LogP contribution is -2.32. The van der Waals surface area contributed by atoms with Crippen LogP contribution in [0.5, 0.6) is 0 Å². The van der Waals surface area contributed by atoms with Crippen LogP contribution in [0.1, 0.15) is 33.9 Å². The Kier molecular flexibility index (Phi) is 5.18. The van der Waals surface area contributed by atoms with Crippen LogP contribution >= 0.6 is 0 Å². The first kappa shape index (κ1) is 17.6. The van der Waals surface area contributed by atoms with Crippen molar-refractivity contribution in [3.8, 4) is 0 Å². The first-order valence-electron chi connectivity index (χ1n) is 8.44. The van der Waals surface area contributed by atoms with E-state index >= 15 is 0 Å². The summed E-state index contributed by atoms with van der Waals surface area (Å²) in [4.78, 5) is 14.3. The molecule has 1 aromatic carbocycles. The molecule has 1 aromatic heterocycles. The second-order valence-electron chi connectivity index (χ2n) is 6.65. The molecule has 1 fully saturated rings. The van der Waals surface area contributed by atoms with Crippen LogP contribution in [0.15, 0.2) is 28.7 Å². The van der Waals surface area contributed by atoms with Gasteiger partial charge >= 0.3 is 0 Å². The number of carbonyl (C=O) groups is 1. The van der Waals surface area contributed by atoms with E-state index in [9.17, 15) is 13.6 Å². The van der Waals surface area contributed by atoms with Crippen molar-refractivity contribution in [1.29, 1.82) is 0 Å². The Hall–Kier alpha value is -2.21. The van der Waals surface area contributed by atoms with Crippen molar-refractivity contribution < 1.29 is 18.0 Å².